The molecule has 0 amide bonds. The summed E-state index contributed by atoms with van der Waals surface area (Å²) in [6.07, 6.45) is 1.73. The summed E-state index contributed by atoms with van der Waals surface area (Å²) in [7, 11) is -3.53. The molecule has 1 aromatic rings. The molecule has 1 saturated carbocycles. The van der Waals surface area contributed by atoms with E-state index in [1.807, 2.05) is 0 Å². The standard InChI is InChI=1S/C12H16ClNO3S/c1-9-6-10(13)2-3-11(9)18(16,17)14-7-12(8-15)4-5-12/h2-3,6,14-15H,4-5,7-8H2,1H3. The Morgan fingerprint density at radius 1 is 1.44 bits per heavy atom. The normalized spacial score (nSPS) is 17.7. The van der Waals surface area contributed by atoms with Crippen LogP contribution < -0.4 is 4.72 Å². The Balaban J connectivity index is 2.15. The van der Waals surface area contributed by atoms with Gasteiger partial charge in [-0.15, -0.1) is 0 Å². The van der Waals surface area contributed by atoms with Crippen molar-refractivity contribution in [3.63, 3.8) is 0 Å². The third-order valence-corrected chi connectivity index (χ3v) is 5.15. The van der Waals surface area contributed by atoms with Crippen LogP contribution in [0.1, 0.15) is 18.4 Å². The molecule has 0 aromatic heterocycles. The summed E-state index contributed by atoms with van der Waals surface area (Å²) in [5.74, 6) is 0. The molecule has 0 heterocycles. The number of hydrogen-bond donors (Lipinski definition) is 2. The van der Waals surface area contributed by atoms with E-state index in [2.05, 4.69) is 4.72 Å². The Labute approximate surface area is 112 Å². The van der Waals surface area contributed by atoms with E-state index >= 15 is 0 Å². The first-order valence-electron chi connectivity index (χ1n) is 5.75. The summed E-state index contributed by atoms with van der Waals surface area (Å²) in [6.45, 7) is 2.02. The number of benzene rings is 1. The predicted octanol–water partition coefficient (Wildman–Crippen LogP) is 1.70. The molecule has 1 aliphatic rings. The second-order valence-corrected chi connectivity index (χ2v) is 7.06. The van der Waals surface area contributed by atoms with Crippen LogP contribution in [0.3, 0.4) is 0 Å². The first-order valence-corrected chi connectivity index (χ1v) is 7.61. The van der Waals surface area contributed by atoms with Crippen LogP contribution in [0.2, 0.25) is 5.02 Å². The predicted molar refractivity (Wildman–Crippen MR) is 70.1 cm³/mol. The molecule has 0 spiro atoms. The molecule has 4 nitrogen and oxygen atoms in total. The maximum absolute atomic E-state index is 12.1. The highest BCUT2D eigenvalue weighted by Crippen LogP contribution is 2.44. The van der Waals surface area contributed by atoms with Crippen LogP contribution in [-0.2, 0) is 10.0 Å². The Morgan fingerprint density at radius 2 is 2.11 bits per heavy atom. The van der Waals surface area contributed by atoms with Gasteiger partial charge in [0, 0.05) is 23.6 Å². The Hall–Kier alpha value is -0.620. The summed E-state index contributed by atoms with van der Waals surface area (Å²) < 4.78 is 26.8. The zero-order valence-corrected chi connectivity index (χ0v) is 11.7. The van der Waals surface area contributed by atoms with Gasteiger partial charge in [-0.1, -0.05) is 11.6 Å². The summed E-state index contributed by atoms with van der Waals surface area (Å²) in [6, 6.07) is 4.68. The molecule has 0 aliphatic heterocycles. The minimum Gasteiger partial charge on any atom is -0.396 e. The van der Waals surface area contributed by atoms with Gasteiger partial charge >= 0.3 is 0 Å². The van der Waals surface area contributed by atoms with Crippen molar-refractivity contribution in [1.82, 2.24) is 4.72 Å². The number of aliphatic hydroxyl groups excluding tert-OH is 1. The third kappa shape index (κ3) is 2.85. The lowest BCUT2D eigenvalue weighted by Gasteiger charge is -2.14. The highest BCUT2D eigenvalue weighted by atomic mass is 35.5. The van der Waals surface area contributed by atoms with Crippen molar-refractivity contribution in [2.24, 2.45) is 5.41 Å². The minimum atomic E-state index is -3.53. The van der Waals surface area contributed by atoms with Gasteiger partial charge in [0.15, 0.2) is 0 Å². The van der Waals surface area contributed by atoms with E-state index in [1.54, 1.807) is 19.1 Å². The lowest BCUT2D eigenvalue weighted by Crippen LogP contribution is -2.32. The molecule has 100 valence electrons. The van der Waals surface area contributed by atoms with E-state index in [4.69, 9.17) is 16.7 Å². The van der Waals surface area contributed by atoms with Crippen molar-refractivity contribution in [2.45, 2.75) is 24.7 Å². The van der Waals surface area contributed by atoms with Gasteiger partial charge in [-0.2, -0.15) is 0 Å². The van der Waals surface area contributed by atoms with Crippen LogP contribution in [-0.4, -0.2) is 26.7 Å². The molecule has 2 rings (SSSR count). The largest absolute Gasteiger partial charge is 0.396 e. The fourth-order valence-corrected chi connectivity index (χ4v) is 3.42. The summed E-state index contributed by atoms with van der Waals surface area (Å²) in [5, 5.41) is 9.68. The average Bonchev–Trinajstić information content (AvgIpc) is 3.07. The lowest BCUT2D eigenvalue weighted by atomic mass is 10.1. The zero-order valence-electron chi connectivity index (χ0n) is 10.1. The minimum absolute atomic E-state index is 0.0229. The second-order valence-electron chi connectivity index (χ2n) is 4.89. The van der Waals surface area contributed by atoms with Gasteiger partial charge in [0.2, 0.25) is 10.0 Å². The number of aliphatic hydroxyl groups is 1. The number of hydrogen-bond acceptors (Lipinski definition) is 3. The fourth-order valence-electron chi connectivity index (χ4n) is 1.81. The van der Waals surface area contributed by atoms with Gasteiger partial charge in [-0.25, -0.2) is 13.1 Å². The highest BCUT2D eigenvalue weighted by molar-refractivity contribution is 7.89. The number of nitrogens with one attached hydrogen (secondary N) is 1. The molecule has 1 aliphatic carbocycles. The molecule has 0 bridgehead atoms. The van der Waals surface area contributed by atoms with E-state index in [0.29, 0.717) is 10.6 Å². The molecular weight excluding hydrogens is 274 g/mol. The lowest BCUT2D eigenvalue weighted by molar-refractivity contribution is 0.213. The Kier molecular flexibility index (Phi) is 3.69. The van der Waals surface area contributed by atoms with E-state index in [1.165, 1.54) is 6.07 Å². The van der Waals surface area contributed by atoms with Crippen LogP contribution in [0.4, 0.5) is 0 Å². The molecule has 0 saturated heterocycles. The van der Waals surface area contributed by atoms with Gasteiger partial charge in [-0.05, 0) is 43.5 Å². The molecule has 18 heavy (non-hydrogen) atoms. The van der Waals surface area contributed by atoms with Crippen molar-refractivity contribution < 1.29 is 13.5 Å². The van der Waals surface area contributed by atoms with Crippen LogP contribution in [0.5, 0.6) is 0 Å². The average molecular weight is 290 g/mol. The summed E-state index contributed by atoms with van der Waals surface area (Å²) in [5.41, 5.74) is 0.372. The summed E-state index contributed by atoms with van der Waals surface area (Å²) >= 11 is 5.80. The van der Waals surface area contributed by atoms with Gasteiger partial charge in [-0.3, -0.25) is 0 Å². The van der Waals surface area contributed by atoms with Gasteiger partial charge in [0.1, 0.15) is 0 Å². The maximum atomic E-state index is 12.1. The first kappa shape index (κ1) is 13.8. The zero-order chi connectivity index (χ0) is 13.4. The number of rotatable bonds is 5. The SMILES string of the molecule is Cc1cc(Cl)ccc1S(=O)(=O)NCC1(CO)CC1. The van der Waals surface area contributed by atoms with E-state index < -0.39 is 10.0 Å². The van der Waals surface area contributed by atoms with E-state index in [-0.39, 0.29) is 23.5 Å². The van der Waals surface area contributed by atoms with Gasteiger partial charge in [0.05, 0.1) is 4.90 Å². The number of sulfonamides is 1. The van der Waals surface area contributed by atoms with E-state index in [9.17, 15) is 8.42 Å². The first-order chi connectivity index (χ1) is 8.38. The quantitative estimate of drug-likeness (QED) is 0.867. The molecule has 6 heteroatoms. The second kappa shape index (κ2) is 4.81. The van der Waals surface area contributed by atoms with Crippen molar-refractivity contribution in [2.75, 3.05) is 13.2 Å². The number of halogens is 1. The van der Waals surface area contributed by atoms with Gasteiger partial charge in [0.25, 0.3) is 0 Å². The number of aryl methyl sites for hydroxylation is 1. The molecule has 0 atom stereocenters. The molecule has 2 N–H and O–H groups in total. The molecule has 0 radical (unpaired) electrons. The highest BCUT2D eigenvalue weighted by Gasteiger charge is 2.42. The van der Waals surface area contributed by atoms with Crippen LogP contribution in [0.25, 0.3) is 0 Å². The topological polar surface area (TPSA) is 66.4 Å². The molecule has 0 unspecified atom stereocenters. The van der Waals surface area contributed by atoms with Gasteiger partial charge < -0.3 is 5.11 Å². The van der Waals surface area contributed by atoms with E-state index in [0.717, 1.165) is 12.8 Å². The Morgan fingerprint density at radius 3 is 2.61 bits per heavy atom. The van der Waals surface area contributed by atoms with Crippen LogP contribution in [0.15, 0.2) is 23.1 Å². The molecular formula is C12H16ClNO3S. The maximum Gasteiger partial charge on any atom is 0.240 e. The van der Waals surface area contributed by atoms with Crippen molar-refractivity contribution >= 4 is 21.6 Å². The van der Waals surface area contributed by atoms with Crippen molar-refractivity contribution in [3.8, 4) is 0 Å². The monoisotopic (exact) mass is 289 g/mol. The third-order valence-electron chi connectivity index (χ3n) is 3.36. The Bertz CT molecular complexity index is 552. The van der Waals surface area contributed by atoms with Crippen LogP contribution >= 0.6 is 11.6 Å². The smallest absolute Gasteiger partial charge is 0.240 e. The van der Waals surface area contributed by atoms with Crippen molar-refractivity contribution in [1.29, 1.82) is 0 Å². The fraction of sp³-hybridized carbons (Fsp3) is 0.500. The van der Waals surface area contributed by atoms with Crippen molar-refractivity contribution in [3.05, 3.63) is 28.8 Å². The molecule has 1 fully saturated rings. The van der Waals surface area contributed by atoms with Crippen LogP contribution in [0, 0.1) is 12.3 Å². The molecule has 1 aromatic carbocycles. The summed E-state index contributed by atoms with van der Waals surface area (Å²) in [4.78, 5) is 0.237.